The summed E-state index contributed by atoms with van der Waals surface area (Å²) in [6.07, 6.45) is 10.7. The van der Waals surface area contributed by atoms with Crippen molar-refractivity contribution in [3.63, 3.8) is 0 Å². The molecule has 235 valence electrons. The Bertz CT molecular complexity index is 1590. The number of nitrogens with zero attached hydrogens (tertiary/aromatic N) is 2. The minimum atomic E-state index is 0. The van der Waals surface area contributed by atoms with Crippen LogP contribution in [-0.2, 0) is 43.2 Å². The van der Waals surface area contributed by atoms with Crippen LogP contribution in [0.4, 0.5) is 0 Å². The van der Waals surface area contributed by atoms with Crippen molar-refractivity contribution in [2.45, 2.75) is 92.4 Å². The first-order chi connectivity index (χ1) is 20.6. The minimum Gasteiger partial charge on any atom is -0.512 e. The molecule has 0 aliphatic heterocycles. The van der Waals surface area contributed by atoms with E-state index in [9.17, 15) is 9.90 Å². The Kier molecular flexibility index (Phi) is 12.6. The average Bonchev–Trinajstić information content (AvgIpc) is 3.01. The fourth-order valence-electron chi connectivity index (χ4n) is 6.10. The van der Waals surface area contributed by atoms with Crippen LogP contribution in [0, 0.1) is 17.9 Å². The van der Waals surface area contributed by atoms with E-state index in [1.807, 2.05) is 46.2 Å². The maximum absolute atomic E-state index is 11.7. The van der Waals surface area contributed by atoms with Crippen molar-refractivity contribution in [3.8, 4) is 22.5 Å². The van der Waals surface area contributed by atoms with E-state index in [0.29, 0.717) is 0 Å². The van der Waals surface area contributed by atoms with Crippen LogP contribution in [0.25, 0.3) is 33.3 Å². The quantitative estimate of drug-likeness (QED) is 0.110. The van der Waals surface area contributed by atoms with Crippen molar-refractivity contribution in [1.82, 2.24) is 9.97 Å². The van der Waals surface area contributed by atoms with Crippen LogP contribution in [0.3, 0.4) is 0 Å². The topological polar surface area (TPSA) is 63.1 Å². The van der Waals surface area contributed by atoms with Gasteiger partial charge in [-0.25, -0.2) is 0 Å². The van der Waals surface area contributed by atoms with Gasteiger partial charge in [0.2, 0.25) is 0 Å². The molecule has 0 unspecified atom stereocenters. The van der Waals surface area contributed by atoms with Gasteiger partial charge in [-0.15, -0.1) is 29.1 Å². The summed E-state index contributed by atoms with van der Waals surface area (Å²) in [5.74, 6) is 0.547. The van der Waals surface area contributed by atoms with Crippen LogP contribution >= 0.6 is 0 Å². The van der Waals surface area contributed by atoms with Crippen molar-refractivity contribution in [2.24, 2.45) is 11.8 Å². The summed E-state index contributed by atoms with van der Waals surface area (Å²) in [6, 6.07) is 20.8. The van der Waals surface area contributed by atoms with Gasteiger partial charge in [0.25, 0.3) is 0 Å². The number of aryl methyl sites for hydroxylation is 1. The summed E-state index contributed by atoms with van der Waals surface area (Å²) in [5.41, 5.74) is 8.45. The Morgan fingerprint density at radius 1 is 0.886 bits per heavy atom. The van der Waals surface area contributed by atoms with Crippen molar-refractivity contribution < 1.29 is 30.0 Å². The van der Waals surface area contributed by atoms with Gasteiger partial charge in [0.1, 0.15) is 0 Å². The Balaban J connectivity index is 0.000000286. The zero-order chi connectivity index (χ0) is 31.1. The number of carbonyl (C=O) groups is 1. The monoisotopic (exact) mass is 768 g/mol. The Labute approximate surface area is 277 Å². The molecule has 2 aromatic heterocycles. The number of ketones is 1. The second kappa shape index (κ2) is 15.7. The molecule has 0 fully saturated rings. The van der Waals surface area contributed by atoms with Gasteiger partial charge in [0.15, 0.2) is 5.78 Å². The van der Waals surface area contributed by atoms with E-state index in [-0.39, 0.29) is 48.9 Å². The van der Waals surface area contributed by atoms with Crippen LogP contribution in [0.2, 0.25) is 0 Å². The molecule has 1 radical (unpaired) electrons. The zero-order valence-corrected chi connectivity index (χ0v) is 29.7. The number of aromatic nitrogens is 2. The third kappa shape index (κ3) is 7.92. The minimum absolute atomic E-state index is 0. The average molecular weight is 768 g/mol. The van der Waals surface area contributed by atoms with Gasteiger partial charge >= 0.3 is 0 Å². The number of hydrogen-bond acceptors (Lipinski definition) is 4. The first-order valence-electron chi connectivity index (χ1n) is 15.9. The molecule has 5 rings (SSSR count). The van der Waals surface area contributed by atoms with Crippen LogP contribution in [0.1, 0.15) is 90.8 Å². The summed E-state index contributed by atoms with van der Waals surface area (Å²) < 4.78 is 0. The maximum atomic E-state index is 11.7. The molecular weight excluding hydrogens is 721 g/mol. The first kappa shape index (κ1) is 35.3. The zero-order valence-electron chi connectivity index (χ0n) is 27.3. The van der Waals surface area contributed by atoms with E-state index in [1.54, 1.807) is 0 Å². The van der Waals surface area contributed by atoms with Crippen LogP contribution in [0.15, 0.2) is 72.8 Å². The van der Waals surface area contributed by atoms with Crippen LogP contribution in [0.5, 0.6) is 0 Å². The number of fused-ring (bicyclic) bond motifs is 4. The predicted molar refractivity (Wildman–Crippen MR) is 179 cm³/mol. The number of aliphatic hydroxyl groups excluding tert-OH is 1. The van der Waals surface area contributed by atoms with E-state index in [4.69, 9.17) is 4.98 Å². The van der Waals surface area contributed by atoms with Gasteiger partial charge in [-0.05, 0) is 72.8 Å². The molecule has 0 atom stereocenters. The molecule has 4 aromatic rings. The number of aliphatic hydroxyl groups is 1. The van der Waals surface area contributed by atoms with Crippen molar-refractivity contribution in [1.29, 1.82) is 0 Å². The van der Waals surface area contributed by atoms with Crippen molar-refractivity contribution in [2.75, 3.05) is 0 Å². The fourth-order valence-corrected chi connectivity index (χ4v) is 6.10. The number of rotatable bonds is 8. The van der Waals surface area contributed by atoms with E-state index < -0.39 is 0 Å². The largest absolute Gasteiger partial charge is 0.512 e. The van der Waals surface area contributed by atoms with Gasteiger partial charge in [-0.1, -0.05) is 83.7 Å². The third-order valence-electron chi connectivity index (χ3n) is 8.77. The predicted octanol–water partition coefficient (Wildman–Crippen LogP) is 10.0. The van der Waals surface area contributed by atoms with Gasteiger partial charge in [0, 0.05) is 56.1 Å². The third-order valence-corrected chi connectivity index (χ3v) is 8.77. The summed E-state index contributed by atoms with van der Waals surface area (Å²) in [7, 11) is 0. The molecule has 0 bridgehead atoms. The molecule has 0 saturated carbocycles. The van der Waals surface area contributed by atoms with Gasteiger partial charge in [-0.2, -0.15) is 0 Å². The van der Waals surface area contributed by atoms with Gasteiger partial charge in [-0.3, -0.25) is 14.8 Å². The molecule has 0 saturated heterocycles. The first-order valence-corrected chi connectivity index (χ1v) is 15.9. The summed E-state index contributed by atoms with van der Waals surface area (Å²) in [5, 5.41) is 12.2. The van der Waals surface area contributed by atoms with E-state index in [0.717, 1.165) is 60.9 Å². The maximum Gasteiger partial charge on any atom is 0.162 e. The number of pyridine rings is 2. The number of allylic oxidation sites excluding steroid dienone is 2. The normalized spacial score (nSPS) is 12.7. The second-order valence-electron chi connectivity index (χ2n) is 12.6. The molecule has 1 aliphatic rings. The molecule has 44 heavy (non-hydrogen) atoms. The molecular formula is C39H47IrN2O2-. The molecule has 2 aromatic carbocycles. The van der Waals surface area contributed by atoms with Gasteiger partial charge in [0.05, 0.1) is 11.5 Å². The van der Waals surface area contributed by atoms with Crippen molar-refractivity contribution >= 4 is 16.6 Å². The molecule has 0 spiro atoms. The van der Waals surface area contributed by atoms with E-state index in [1.165, 1.54) is 33.7 Å². The molecule has 1 N–H and O–H groups in total. The van der Waals surface area contributed by atoms with Crippen molar-refractivity contribution in [3.05, 3.63) is 95.5 Å². The molecule has 4 nitrogen and oxygen atoms in total. The number of carbonyl (C=O) groups excluding carboxylic acids is 1. The van der Waals surface area contributed by atoms with Gasteiger partial charge < -0.3 is 5.11 Å². The molecule has 2 heterocycles. The SMILES string of the molecule is CC(C)(C)c1cc(-c2nccc3c2CCc2cccnc2-3)[c-]c2ccccc12.CCC(CC)C(=O)/C=C(\O)C(CC)CC.[Ir]. The summed E-state index contributed by atoms with van der Waals surface area (Å²) in [4.78, 5) is 21.2. The second-order valence-corrected chi connectivity index (χ2v) is 12.6. The van der Waals surface area contributed by atoms with Crippen LogP contribution in [-0.4, -0.2) is 20.9 Å². The number of benzene rings is 2. The van der Waals surface area contributed by atoms with E-state index >= 15 is 0 Å². The summed E-state index contributed by atoms with van der Waals surface area (Å²) >= 11 is 0. The van der Waals surface area contributed by atoms with Crippen LogP contribution < -0.4 is 0 Å². The molecule has 5 heteroatoms. The molecule has 1 aliphatic carbocycles. The Morgan fingerprint density at radius 2 is 1.55 bits per heavy atom. The Hall–Kier alpha value is -3.14. The van der Waals surface area contributed by atoms with E-state index in [2.05, 4.69) is 74.3 Å². The summed E-state index contributed by atoms with van der Waals surface area (Å²) in [6.45, 7) is 14.9. The standard InChI is InChI=1S/C26H23N2.C13H24O2.Ir/c1-26(2,3)23-16-19(15-18-7-4-5-9-20(18)23)25-21-11-10-17-8-6-13-27-24(17)22(21)12-14-28-25;1-5-10(6-2)12(14)9-13(15)11(7-3)8-4;/h4-9,12-14,16H,10-11H2,1-3H3;9-11,14H,5-8H2,1-4H3;/q-1;;/b;12-9-;. The fraction of sp³-hybridized carbons (Fsp3) is 0.410. The number of hydrogen-bond donors (Lipinski definition) is 1. The molecule has 0 amide bonds. The Morgan fingerprint density at radius 3 is 2.20 bits per heavy atom. The smallest absolute Gasteiger partial charge is 0.162 e.